The van der Waals surface area contributed by atoms with E-state index < -0.39 is 0 Å². The lowest BCUT2D eigenvalue weighted by Crippen LogP contribution is -2.63. The maximum Gasteiger partial charge on any atom is 0.245 e. The molecule has 6 rings (SSSR count). The van der Waals surface area contributed by atoms with Crippen molar-refractivity contribution in [2.45, 2.75) is 52.1 Å². The van der Waals surface area contributed by atoms with Gasteiger partial charge in [0.25, 0.3) is 0 Å². The van der Waals surface area contributed by atoms with Gasteiger partial charge in [-0.3, -0.25) is 14.6 Å². The van der Waals surface area contributed by atoms with E-state index in [4.69, 9.17) is 16.7 Å². The molecule has 10 heteroatoms. The van der Waals surface area contributed by atoms with Crippen molar-refractivity contribution in [2.75, 3.05) is 43.9 Å². The molecular formula is C28H36ClN7OS. The van der Waals surface area contributed by atoms with E-state index in [1.165, 1.54) is 6.08 Å². The Morgan fingerprint density at radius 2 is 1.95 bits per heavy atom. The third-order valence-electron chi connectivity index (χ3n) is 8.85. The Bertz CT molecular complexity index is 1430. The third kappa shape index (κ3) is 3.88. The summed E-state index contributed by atoms with van der Waals surface area (Å²) in [6.45, 7) is 16.9. The van der Waals surface area contributed by atoms with E-state index >= 15 is 0 Å². The first-order valence-corrected chi connectivity index (χ1v) is 14.8. The number of carbonyl (C=O) groups is 1. The summed E-state index contributed by atoms with van der Waals surface area (Å²) in [6.07, 6.45) is 7.50. The molecular weight excluding hydrogens is 518 g/mol. The number of aryl methyl sites for hydroxylation is 1. The van der Waals surface area contributed by atoms with E-state index in [0.29, 0.717) is 6.04 Å². The SMILES string of the molecule is C=CC(=O)N1CC2(CC(n3nc(N4CCN(SC)CC4(C)C)c(-c4c(Cl)c(C)cc5[nH]ncc45)c3C)C2)C1. The number of carbonyl (C=O) groups excluding carboxylic acids is 1. The number of aromatic nitrogens is 4. The highest BCUT2D eigenvalue weighted by Crippen LogP contribution is 2.55. The molecule has 0 unspecified atom stereocenters. The molecule has 2 aliphatic heterocycles. The van der Waals surface area contributed by atoms with Crippen LogP contribution in [0.15, 0.2) is 24.9 Å². The molecule has 4 heterocycles. The fourth-order valence-corrected chi connectivity index (χ4v) is 7.82. The van der Waals surface area contributed by atoms with Gasteiger partial charge in [-0.2, -0.15) is 10.2 Å². The van der Waals surface area contributed by atoms with Crippen LogP contribution in [0, 0.1) is 19.3 Å². The van der Waals surface area contributed by atoms with Crippen molar-refractivity contribution in [3.63, 3.8) is 0 Å². The van der Waals surface area contributed by atoms with E-state index in [2.05, 4.69) is 70.7 Å². The first kappa shape index (κ1) is 25.8. The number of nitrogens with zero attached hydrogens (tertiary/aromatic N) is 6. The van der Waals surface area contributed by atoms with Crippen LogP contribution in [-0.4, -0.2) is 79.6 Å². The number of nitrogens with one attached hydrogen (secondary N) is 1. The zero-order valence-corrected chi connectivity index (χ0v) is 24.4. The van der Waals surface area contributed by atoms with E-state index in [-0.39, 0.29) is 16.9 Å². The molecule has 38 heavy (non-hydrogen) atoms. The van der Waals surface area contributed by atoms with Gasteiger partial charge in [0.15, 0.2) is 5.82 Å². The minimum absolute atomic E-state index is 0.0313. The molecule has 1 aliphatic carbocycles. The maximum absolute atomic E-state index is 12.0. The average molecular weight is 554 g/mol. The molecule has 2 aromatic heterocycles. The number of fused-ring (bicyclic) bond motifs is 1. The topological polar surface area (TPSA) is 73.3 Å². The summed E-state index contributed by atoms with van der Waals surface area (Å²) in [5, 5.41) is 14.6. The number of benzene rings is 1. The van der Waals surface area contributed by atoms with Crippen LogP contribution >= 0.6 is 23.5 Å². The van der Waals surface area contributed by atoms with Crippen molar-refractivity contribution < 1.29 is 4.79 Å². The van der Waals surface area contributed by atoms with Crippen LogP contribution in [0.1, 0.15) is 44.0 Å². The molecule has 1 aromatic carbocycles. The molecule has 1 spiro atoms. The Balaban J connectivity index is 1.43. The van der Waals surface area contributed by atoms with Gasteiger partial charge in [0, 0.05) is 65.9 Å². The summed E-state index contributed by atoms with van der Waals surface area (Å²) in [6, 6.07) is 2.37. The van der Waals surface area contributed by atoms with Crippen LogP contribution in [0.25, 0.3) is 22.0 Å². The second-order valence-electron chi connectivity index (χ2n) is 11.9. The van der Waals surface area contributed by atoms with Crippen LogP contribution in [0.2, 0.25) is 5.02 Å². The number of H-pyrrole nitrogens is 1. The monoisotopic (exact) mass is 553 g/mol. The Kier molecular flexibility index (Phi) is 6.12. The molecule has 1 amide bonds. The lowest BCUT2D eigenvalue weighted by atomic mass is 9.60. The highest BCUT2D eigenvalue weighted by Gasteiger charge is 2.54. The third-order valence-corrected chi connectivity index (χ3v) is 10.2. The molecule has 8 nitrogen and oxygen atoms in total. The number of hydrogen-bond donors (Lipinski definition) is 1. The zero-order chi connectivity index (χ0) is 27.0. The molecule has 3 aliphatic rings. The van der Waals surface area contributed by atoms with E-state index in [1.807, 2.05) is 11.1 Å². The smallest absolute Gasteiger partial charge is 0.245 e. The second kappa shape index (κ2) is 9.03. The molecule has 3 fully saturated rings. The summed E-state index contributed by atoms with van der Waals surface area (Å²) >= 11 is 8.89. The minimum atomic E-state index is -0.103. The number of amides is 1. The molecule has 1 N–H and O–H groups in total. The normalized spacial score (nSPS) is 21.1. The number of likely N-dealkylation sites (tertiary alicyclic amines) is 1. The summed E-state index contributed by atoms with van der Waals surface area (Å²) in [4.78, 5) is 16.4. The van der Waals surface area contributed by atoms with Crippen molar-refractivity contribution >= 4 is 46.2 Å². The second-order valence-corrected chi connectivity index (χ2v) is 13.2. The van der Waals surface area contributed by atoms with Crippen LogP contribution in [-0.2, 0) is 4.79 Å². The first-order valence-electron chi connectivity index (χ1n) is 13.3. The number of hydrogen-bond acceptors (Lipinski definition) is 6. The molecule has 2 saturated heterocycles. The van der Waals surface area contributed by atoms with Gasteiger partial charge in [-0.05, 0) is 64.5 Å². The Labute approximate surface area is 233 Å². The van der Waals surface area contributed by atoms with Gasteiger partial charge in [-0.25, -0.2) is 4.31 Å². The zero-order valence-electron chi connectivity index (χ0n) is 22.8. The number of rotatable bonds is 5. The van der Waals surface area contributed by atoms with Crippen molar-refractivity contribution in [1.29, 1.82) is 0 Å². The first-order chi connectivity index (χ1) is 18.1. The molecule has 3 aromatic rings. The molecule has 0 radical (unpaired) electrons. The van der Waals surface area contributed by atoms with Gasteiger partial charge in [-0.1, -0.05) is 30.1 Å². The quantitative estimate of drug-likeness (QED) is 0.345. The number of aromatic amines is 1. The van der Waals surface area contributed by atoms with Gasteiger partial charge in [0.2, 0.25) is 5.91 Å². The van der Waals surface area contributed by atoms with Crippen molar-refractivity contribution in [1.82, 2.24) is 29.2 Å². The number of halogens is 1. The fraction of sp³-hybridized carbons (Fsp3) is 0.536. The summed E-state index contributed by atoms with van der Waals surface area (Å²) in [7, 11) is 0. The summed E-state index contributed by atoms with van der Waals surface area (Å²) in [5.74, 6) is 1.03. The van der Waals surface area contributed by atoms with Crippen LogP contribution in [0.3, 0.4) is 0 Å². The Morgan fingerprint density at radius 3 is 2.61 bits per heavy atom. The van der Waals surface area contributed by atoms with Crippen LogP contribution in [0.5, 0.6) is 0 Å². The minimum Gasteiger partial charge on any atom is -0.347 e. The van der Waals surface area contributed by atoms with E-state index in [9.17, 15) is 4.79 Å². The number of anilines is 1. The highest BCUT2D eigenvalue weighted by molar-refractivity contribution is 7.96. The molecule has 0 bridgehead atoms. The van der Waals surface area contributed by atoms with Crippen molar-refractivity contribution in [3.8, 4) is 11.1 Å². The average Bonchev–Trinajstić information content (AvgIpc) is 3.42. The van der Waals surface area contributed by atoms with Gasteiger partial charge in [0.05, 0.1) is 22.8 Å². The fourth-order valence-electron chi connectivity index (χ4n) is 6.86. The largest absolute Gasteiger partial charge is 0.347 e. The number of piperazine rings is 1. The standard InChI is InChI=1S/C28H36ClN7OS/c1-7-22(37)33-15-28(16-33)11-19(12-28)36-18(3)23(24-20-13-30-31-21(20)10-17(2)25(24)29)26(32-36)35-9-8-34(38-6)14-27(35,4)5/h7,10,13,19H,1,8-9,11-12,14-16H2,2-6H3,(H,30,31). The van der Waals surface area contributed by atoms with Crippen LogP contribution < -0.4 is 4.90 Å². The summed E-state index contributed by atoms with van der Waals surface area (Å²) in [5.41, 5.74) is 5.36. The highest BCUT2D eigenvalue weighted by atomic mass is 35.5. The lowest BCUT2D eigenvalue weighted by Gasteiger charge is -2.58. The predicted octanol–water partition coefficient (Wildman–Crippen LogP) is 5.22. The van der Waals surface area contributed by atoms with Gasteiger partial charge in [0.1, 0.15) is 0 Å². The van der Waals surface area contributed by atoms with E-state index in [1.54, 1.807) is 11.9 Å². The molecule has 202 valence electrons. The molecule has 1 saturated carbocycles. The molecule has 0 atom stereocenters. The predicted molar refractivity (Wildman–Crippen MR) is 156 cm³/mol. The Morgan fingerprint density at radius 1 is 1.21 bits per heavy atom. The Hall–Kier alpha value is -2.49. The summed E-state index contributed by atoms with van der Waals surface area (Å²) < 4.78 is 4.67. The lowest BCUT2D eigenvalue weighted by molar-refractivity contribution is -0.149. The van der Waals surface area contributed by atoms with Gasteiger partial charge in [-0.15, -0.1) is 0 Å². The van der Waals surface area contributed by atoms with Crippen LogP contribution in [0.4, 0.5) is 5.82 Å². The van der Waals surface area contributed by atoms with Gasteiger partial charge < -0.3 is 9.80 Å². The maximum atomic E-state index is 12.0. The van der Waals surface area contributed by atoms with Gasteiger partial charge >= 0.3 is 0 Å². The van der Waals surface area contributed by atoms with Crippen molar-refractivity contribution in [3.05, 3.63) is 41.2 Å². The van der Waals surface area contributed by atoms with Crippen molar-refractivity contribution in [2.24, 2.45) is 5.41 Å². The van der Waals surface area contributed by atoms with E-state index in [0.717, 1.165) is 89.7 Å².